The maximum Gasteiger partial charge on any atom is 0.270 e. The number of benzene rings is 1. The molecule has 1 aromatic rings. The highest BCUT2D eigenvalue weighted by atomic mass is 16.6. The molecule has 0 aromatic heterocycles. The van der Waals surface area contributed by atoms with Gasteiger partial charge in [-0.2, -0.15) is 0 Å². The maximum absolute atomic E-state index is 12.3. The van der Waals surface area contributed by atoms with Crippen LogP contribution in [-0.4, -0.2) is 29.0 Å². The number of hydrogen-bond acceptors (Lipinski definition) is 4. The number of piperidine rings is 1. The molecule has 6 nitrogen and oxygen atoms in total. The molecule has 1 amide bonds. The first-order valence-corrected chi connectivity index (χ1v) is 7.34. The molecule has 2 fully saturated rings. The Morgan fingerprint density at radius 2 is 1.95 bits per heavy atom. The number of nitro groups is 1. The summed E-state index contributed by atoms with van der Waals surface area (Å²) < 4.78 is 0. The van der Waals surface area contributed by atoms with Crippen LogP contribution in [0.1, 0.15) is 41.6 Å². The summed E-state index contributed by atoms with van der Waals surface area (Å²) in [6.07, 6.45) is 4.23. The van der Waals surface area contributed by atoms with Gasteiger partial charge in [-0.1, -0.05) is 0 Å². The normalized spacial score (nSPS) is 27.4. The zero-order chi connectivity index (χ0) is 15.0. The van der Waals surface area contributed by atoms with E-state index < -0.39 is 4.92 Å². The molecule has 0 saturated carbocycles. The highest BCUT2D eigenvalue weighted by Gasteiger charge is 2.34. The number of hydrogen-bond donors (Lipinski definition) is 2. The van der Waals surface area contributed by atoms with Crippen LogP contribution in [-0.2, 0) is 0 Å². The number of nitrogens with zero attached hydrogens (tertiary/aromatic N) is 1. The van der Waals surface area contributed by atoms with Crippen LogP contribution in [0.4, 0.5) is 5.69 Å². The fraction of sp³-hybridized carbons (Fsp3) is 0.533. The minimum Gasteiger partial charge on any atom is -0.349 e. The van der Waals surface area contributed by atoms with Gasteiger partial charge in [0, 0.05) is 35.8 Å². The highest BCUT2D eigenvalue weighted by molar-refractivity contribution is 5.95. The fourth-order valence-electron chi connectivity index (χ4n) is 3.44. The molecular weight excluding hydrogens is 270 g/mol. The van der Waals surface area contributed by atoms with Gasteiger partial charge >= 0.3 is 0 Å². The van der Waals surface area contributed by atoms with Crippen molar-refractivity contribution in [3.05, 3.63) is 39.4 Å². The smallest absolute Gasteiger partial charge is 0.270 e. The molecule has 112 valence electrons. The standard InChI is InChI=1S/C15H19N3O3/c1-9-4-10(6-14(5-9)18(20)21)15(19)17-13-7-11-2-3-12(8-13)16-11/h4-6,11-13,16H,2-3,7-8H2,1H3,(H,17,19). The van der Waals surface area contributed by atoms with Crippen molar-refractivity contribution in [3.8, 4) is 0 Å². The van der Waals surface area contributed by atoms with Crippen LogP contribution in [0.3, 0.4) is 0 Å². The van der Waals surface area contributed by atoms with E-state index in [1.807, 2.05) is 0 Å². The maximum atomic E-state index is 12.3. The lowest BCUT2D eigenvalue weighted by atomic mass is 9.99. The number of fused-ring (bicyclic) bond motifs is 2. The molecule has 0 radical (unpaired) electrons. The summed E-state index contributed by atoms with van der Waals surface area (Å²) in [5.74, 6) is -0.215. The summed E-state index contributed by atoms with van der Waals surface area (Å²) in [6, 6.07) is 5.68. The SMILES string of the molecule is Cc1cc(C(=O)NC2CC3CCC(C2)N3)cc([N+](=O)[O-])c1. The summed E-state index contributed by atoms with van der Waals surface area (Å²) >= 11 is 0. The molecule has 2 heterocycles. The van der Waals surface area contributed by atoms with Crippen molar-refractivity contribution in [1.82, 2.24) is 10.6 Å². The average molecular weight is 289 g/mol. The molecule has 2 unspecified atom stereocenters. The van der Waals surface area contributed by atoms with E-state index in [4.69, 9.17) is 0 Å². The van der Waals surface area contributed by atoms with Gasteiger partial charge < -0.3 is 10.6 Å². The molecule has 2 aliphatic rings. The molecule has 3 rings (SSSR count). The third-order valence-corrected chi connectivity index (χ3v) is 4.34. The summed E-state index contributed by atoms with van der Waals surface area (Å²) in [5, 5.41) is 17.4. The number of aryl methyl sites for hydroxylation is 1. The monoisotopic (exact) mass is 289 g/mol. The minimum absolute atomic E-state index is 0.0365. The largest absolute Gasteiger partial charge is 0.349 e. The Hall–Kier alpha value is -1.95. The predicted molar refractivity (Wildman–Crippen MR) is 78.3 cm³/mol. The molecule has 2 aliphatic heterocycles. The van der Waals surface area contributed by atoms with Crippen molar-refractivity contribution in [1.29, 1.82) is 0 Å². The van der Waals surface area contributed by atoms with Crippen LogP contribution < -0.4 is 10.6 Å². The van der Waals surface area contributed by atoms with Gasteiger partial charge in [0.05, 0.1) is 4.92 Å². The lowest BCUT2D eigenvalue weighted by Crippen LogP contribution is -2.48. The number of non-ortho nitro benzene ring substituents is 1. The predicted octanol–water partition coefficient (Wildman–Crippen LogP) is 1.92. The number of amides is 1. The topological polar surface area (TPSA) is 84.3 Å². The molecule has 2 bridgehead atoms. The Bertz CT molecular complexity index is 576. The van der Waals surface area contributed by atoms with Gasteiger partial charge in [0.25, 0.3) is 11.6 Å². The Balaban J connectivity index is 1.72. The molecule has 0 aliphatic carbocycles. The second-order valence-corrected chi connectivity index (χ2v) is 6.09. The van der Waals surface area contributed by atoms with Crippen LogP contribution in [0, 0.1) is 17.0 Å². The Kier molecular flexibility index (Phi) is 3.63. The van der Waals surface area contributed by atoms with Crippen molar-refractivity contribution in [2.24, 2.45) is 0 Å². The molecule has 6 heteroatoms. The van der Waals surface area contributed by atoms with Crippen molar-refractivity contribution in [3.63, 3.8) is 0 Å². The van der Waals surface area contributed by atoms with Gasteiger partial charge in [-0.25, -0.2) is 0 Å². The Morgan fingerprint density at radius 1 is 1.29 bits per heavy atom. The molecule has 21 heavy (non-hydrogen) atoms. The lowest BCUT2D eigenvalue weighted by Gasteiger charge is -2.29. The van der Waals surface area contributed by atoms with Gasteiger partial charge in [-0.15, -0.1) is 0 Å². The Labute approximate surface area is 123 Å². The Morgan fingerprint density at radius 3 is 2.57 bits per heavy atom. The van der Waals surface area contributed by atoms with E-state index in [0.29, 0.717) is 17.6 Å². The van der Waals surface area contributed by atoms with Crippen LogP contribution in [0.25, 0.3) is 0 Å². The van der Waals surface area contributed by atoms with E-state index >= 15 is 0 Å². The van der Waals surface area contributed by atoms with Crippen LogP contribution >= 0.6 is 0 Å². The molecule has 2 saturated heterocycles. The zero-order valence-electron chi connectivity index (χ0n) is 12.0. The van der Waals surface area contributed by atoms with E-state index in [9.17, 15) is 14.9 Å². The van der Waals surface area contributed by atoms with Gasteiger partial charge in [-0.3, -0.25) is 14.9 Å². The van der Waals surface area contributed by atoms with E-state index in [-0.39, 0.29) is 17.6 Å². The van der Waals surface area contributed by atoms with Crippen molar-refractivity contribution < 1.29 is 9.72 Å². The number of nitro benzene ring substituents is 1. The average Bonchev–Trinajstić information content (AvgIpc) is 2.77. The second kappa shape index (κ2) is 5.44. The van der Waals surface area contributed by atoms with Crippen LogP contribution in [0.2, 0.25) is 0 Å². The number of nitrogens with one attached hydrogen (secondary N) is 2. The summed E-state index contributed by atoms with van der Waals surface area (Å²) in [4.78, 5) is 22.7. The first-order valence-electron chi connectivity index (χ1n) is 7.34. The highest BCUT2D eigenvalue weighted by Crippen LogP contribution is 2.27. The molecule has 0 spiro atoms. The molecular formula is C15H19N3O3. The third-order valence-electron chi connectivity index (χ3n) is 4.34. The van der Waals surface area contributed by atoms with E-state index in [0.717, 1.165) is 18.4 Å². The van der Waals surface area contributed by atoms with Gasteiger partial charge in [0.1, 0.15) is 0 Å². The number of carbonyl (C=O) groups excluding carboxylic acids is 1. The van der Waals surface area contributed by atoms with Gasteiger partial charge in [-0.05, 0) is 44.2 Å². The van der Waals surface area contributed by atoms with E-state index in [2.05, 4.69) is 10.6 Å². The lowest BCUT2D eigenvalue weighted by molar-refractivity contribution is -0.384. The van der Waals surface area contributed by atoms with E-state index in [1.54, 1.807) is 13.0 Å². The fourth-order valence-corrected chi connectivity index (χ4v) is 3.44. The molecule has 2 N–H and O–H groups in total. The second-order valence-electron chi connectivity index (χ2n) is 6.09. The summed E-state index contributed by atoms with van der Waals surface area (Å²) in [7, 11) is 0. The molecule has 1 aromatic carbocycles. The van der Waals surface area contributed by atoms with Gasteiger partial charge in [0.2, 0.25) is 0 Å². The van der Waals surface area contributed by atoms with Crippen LogP contribution in [0.15, 0.2) is 18.2 Å². The first-order chi connectivity index (χ1) is 10.0. The van der Waals surface area contributed by atoms with E-state index in [1.165, 1.54) is 25.0 Å². The number of carbonyl (C=O) groups is 1. The van der Waals surface area contributed by atoms with Crippen molar-refractivity contribution in [2.45, 2.75) is 50.7 Å². The quantitative estimate of drug-likeness (QED) is 0.657. The number of rotatable bonds is 3. The zero-order valence-corrected chi connectivity index (χ0v) is 12.0. The minimum atomic E-state index is -0.464. The third kappa shape index (κ3) is 3.05. The van der Waals surface area contributed by atoms with Crippen molar-refractivity contribution >= 4 is 11.6 Å². The summed E-state index contributed by atoms with van der Waals surface area (Å²) in [6.45, 7) is 1.76. The van der Waals surface area contributed by atoms with Crippen LogP contribution in [0.5, 0.6) is 0 Å². The first kappa shape index (κ1) is 14.0. The van der Waals surface area contributed by atoms with Gasteiger partial charge in [0.15, 0.2) is 0 Å². The van der Waals surface area contributed by atoms with Crippen molar-refractivity contribution in [2.75, 3.05) is 0 Å². The molecule has 2 atom stereocenters. The summed E-state index contributed by atoms with van der Waals surface area (Å²) in [5.41, 5.74) is 1.05.